The van der Waals surface area contributed by atoms with Crippen molar-refractivity contribution in [3.8, 4) is 0 Å². The lowest BCUT2D eigenvalue weighted by molar-refractivity contribution is -0.132. The molecular weight excluding hydrogens is 444 g/mol. The molecule has 2 aromatic rings. The number of nitrogens with zero attached hydrogens (tertiary/aromatic N) is 2. The highest BCUT2D eigenvalue weighted by molar-refractivity contribution is 7.93. The molecule has 1 aliphatic carbocycles. The number of hydrogen-bond acceptors (Lipinski definition) is 3. The molecule has 1 atom stereocenters. The number of carbonyl (C=O) groups excluding carboxylic acids is 1. The van der Waals surface area contributed by atoms with Gasteiger partial charge in [0.1, 0.15) is 6.04 Å². The first kappa shape index (κ1) is 24.6. The van der Waals surface area contributed by atoms with Crippen LogP contribution in [-0.2, 0) is 20.2 Å². The summed E-state index contributed by atoms with van der Waals surface area (Å²) >= 11 is 6.43. The summed E-state index contributed by atoms with van der Waals surface area (Å²) in [5.41, 5.74) is 1.24. The van der Waals surface area contributed by atoms with E-state index in [2.05, 4.69) is 20.8 Å². The Labute approximate surface area is 197 Å². The fourth-order valence-electron chi connectivity index (χ4n) is 3.86. The fourth-order valence-corrected chi connectivity index (χ4v) is 5.77. The second kappa shape index (κ2) is 9.44. The smallest absolute Gasteiger partial charge is 0.265 e. The summed E-state index contributed by atoms with van der Waals surface area (Å²) < 4.78 is 28.9. The van der Waals surface area contributed by atoms with Gasteiger partial charge in [0.05, 0.1) is 15.6 Å². The molecule has 1 aliphatic rings. The van der Waals surface area contributed by atoms with Crippen LogP contribution in [0.5, 0.6) is 0 Å². The molecule has 0 aromatic heterocycles. The average Bonchev–Trinajstić information content (AvgIpc) is 3.57. The molecule has 0 aliphatic heterocycles. The van der Waals surface area contributed by atoms with Crippen LogP contribution in [0.4, 0.5) is 5.69 Å². The summed E-state index contributed by atoms with van der Waals surface area (Å²) in [5, 5.41) is 0.288. The van der Waals surface area contributed by atoms with Crippen LogP contribution in [0.3, 0.4) is 0 Å². The Morgan fingerprint density at radius 3 is 2.19 bits per heavy atom. The van der Waals surface area contributed by atoms with E-state index in [1.165, 1.54) is 4.31 Å². The zero-order chi connectivity index (χ0) is 23.7. The van der Waals surface area contributed by atoms with E-state index in [0.717, 1.165) is 24.8 Å². The Hall–Kier alpha value is -2.05. The number of anilines is 1. The minimum absolute atomic E-state index is 0.0983. The second-order valence-electron chi connectivity index (χ2n) is 9.47. The number of hydrogen-bond donors (Lipinski definition) is 0. The number of carbonyl (C=O) groups is 1. The quantitative estimate of drug-likeness (QED) is 0.496. The number of benzene rings is 2. The molecule has 0 spiro atoms. The summed E-state index contributed by atoms with van der Waals surface area (Å²) in [4.78, 5) is 15.4. The zero-order valence-corrected chi connectivity index (χ0v) is 21.1. The minimum atomic E-state index is -4.04. The van der Waals surface area contributed by atoms with E-state index in [1.54, 1.807) is 43.3 Å². The van der Waals surface area contributed by atoms with Gasteiger partial charge in [-0.25, -0.2) is 8.42 Å². The summed E-state index contributed by atoms with van der Waals surface area (Å²) in [6.45, 7) is 10.5. The van der Waals surface area contributed by atoms with E-state index in [1.807, 2.05) is 24.0 Å². The van der Waals surface area contributed by atoms with Gasteiger partial charge in [0.2, 0.25) is 5.91 Å². The average molecular weight is 477 g/mol. The Balaban J connectivity index is 2.06. The summed E-state index contributed by atoms with van der Waals surface area (Å²) in [7, 11) is -4.04. The molecule has 1 unspecified atom stereocenters. The highest BCUT2D eigenvalue weighted by atomic mass is 35.5. The first-order valence-electron chi connectivity index (χ1n) is 11.2. The minimum Gasteiger partial charge on any atom is -0.338 e. The molecule has 1 amide bonds. The van der Waals surface area contributed by atoms with Crippen LogP contribution in [-0.4, -0.2) is 37.9 Å². The summed E-state index contributed by atoms with van der Waals surface area (Å²) in [5.74, 6) is -0.191. The molecule has 174 valence electrons. The molecular formula is C25H33ClN2O3S. The lowest BCUT2D eigenvalue weighted by Gasteiger charge is -2.34. The van der Waals surface area contributed by atoms with Crippen molar-refractivity contribution in [3.63, 3.8) is 0 Å². The van der Waals surface area contributed by atoms with Crippen LogP contribution in [0, 0.1) is 0 Å². The van der Waals surface area contributed by atoms with Gasteiger partial charge >= 0.3 is 0 Å². The number of para-hydroxylation sites is 1. The molecule has 32 heavy (non-hydrogen) atoms. The molecule has 0 bridgehead atoms. The topological polar surface area (TPSA) is 57.7 Å². The number of halogens is 1. The van der Waals surface area contributed by atoms with Gasteiger partial charge in [0, 0.05) is 12.6 Å². The van der Waals surface area contributed by atoms with Crippen molar-refractivity contribution < 1.29 is 13.2 Å². The summed E-state index contributed by atoms with van der Waals surface area (Å²) in [6, 6.07) is 12.9. The molecule has 0 heterocycles. The lowest BCUT2D eigenvalue weighted by atomic mass is 9.87. The van der Waals surface area contributed by atoms with E-state index >= 15 is 0 Å². The molecule has 3 rings (SSSR count). The Morgan fingerprint density at radius 1 is 1.09 bits per heavy atom. The normalized spacial score (nSPS) is 15.3. The van der Waals surface area contributed by atoms with Crippen molar-refractivity contribution in [2.24, 2.45) is 0 Å². The highest BCUT2D eigenvalue weighted by Crippen LogP contribution is 2.35. The standard InChI is InChI=1S/C25H33ClN2O3S/c1-6-17-27(20-13-14-20)24(29)18(2)28(23-10-8-7-9-22(23)26)32(30,31)21-15-11-19(12-16-21)25(3,4)5/h7-12,15-16,18,20H,6,13-14,17H2,1-5H3. The monoisotopic (exact) mass is 476 g/mol. The maximum absolute atomic E-state index is 13.9. The van der Waals surface area contributed by atoms with Crippen molar-refractivity contribution in [2.75, 3.05) is 10.8 Å². The predicted molar refractivity (Wildman–Crippen MR) is 131 cm³/mol. The maximum Gasteiger partial charge on any atom is 0.265 e. The second-order valence-corrected chi connectivity index (χ2v) is 11.7. The Bertz CT molecular complexity index is 1060. The van der Waals surface area contributed by atoms with Crippen molar-refractivity contribution in [1.82, 2.24) is 4.90 Å². The fraction of sp³-hybridized carbons (Fsp3) is 0.480. The van der Waals surface area contributed by atoms with E-state index < -0.39 is 16.1 Å². The van der Waals surface area contributed by atoms with Gasteiger partial charge in [-0.05, 0) is 61.4 Å². The van der Waals surface area contributed by atoms with Crippen LogP contribution in [0.2, 0.25) is 5.02 Å². The van der Waals surface area contributed by atoms with Crippen LogP contribution in [0.15, 0.2) is 53.4 Å². The van der Waals surface area contributed by atoms with Gasteiger partial charge in [0.15, 0.2) is 0 Å². The van der Waals surface area contributed by atoms with Crippen LogP contribution in [0.25, 0.3) is 0 Å². The SMILES string of the molecule is CCCN(C(=O)C(C)N(c1ccccc1Cl)S(=O)(=O)c1ccc(C(C)(C)C)cc1)C1CC1. The molecule has 5 nitrogen and oxygen atoms in total. The first-order valence-corrected chi connectivity index (χ1v) is 13.0. The Morgan fingerprint density at radius 2 is 1.69 bits per heavy atom. The third kappa shape index (κ3) is 5.12. The zero-order valence-electron chi connectivity index (χ0n) is 19.5. The first-order chi connectivity index (χ1) is 15.0. The van der Waals surface area contributed by atoms with Gasteiger partial charge < -0.3 is 4.90 Å². The largest absolute Gasteiger partial charge is 0.338 e. The van der Waals surface area contributed by atoms with Crippen LogP contribution < -0.4 is 4.31 Å². The van der Waals surface area contributed by atoms with Gasteiger partial charge in [-0.3, -0.25) is 9.10 Å². The molecule has 1 saturated carbocycles. The third-order valence-corrected chi connectivity index (χ3v) is 8.03. The van der Waals surface area contributed by atoms with E-state index in [0.29, 0.717) is 12.2 Å². The van der Waals surface area contributed by atoms with Gasteiger partial charge in [-0.15, -0.1) is 0 Å². The van der Waals surface area contributed by atoms with Crippen LogP contribution >= 0.6 is 11.6 Å². The predicted octanol–water partition coefficient (Wildman–Crippen LogP) is 5.62. The maximum atomic E-state index is 13.9. The molecule has 2 aromatic carbocycles. The molecule has 1 fully saturated rings. The van der Waals surface area contributed by atoms with Crippen molar-refractivity contribution >= 4 is 33.2 Å². The number of rotatable bonds is 8. The van der Waals surface area contributed by atoms with Gasteiger partial charge in [-0.1, -0.05) is 63.6 Å². The van der Waals surface area contributed by atoms with Crippen molar-refractivity contribution in [1.29, 1.82) is 0 Å². The molecule has 0 saturated heterocycles. The van der Waals surface area contributed by atoms with Crippen molar-refractivity contribution in [2.45, 2.75) is 76.3 Å². The molecule has 0 radical (unpaired) electrons. The van der Waals surface area contributed by atoms with Crippen LogP contribution in [0.1, 0.15) is 59.4 Å². The van der Waals surface area contributed by atoms with Gasteiger partial charge in [-0.2, -0.15) is 0 Å². The van der Waals surface area contributed by atoms with E-state index in [-0.39, 0.29) is 27.3 Å². The number of sulfonamides is 1. The Kier molecular flexibility index (Phi) is 7.25. The highest BCUT2D eigenvalue weighted by Gasteiger charge is 2.40. The third-order valence-electron chi connectivity index (χ3n) is 5.81. The lowest BCUT2D eigenvalue weighted by Crippen LogP contribution is -2.50. The molecule has 7 heteroatoms. The summed E-state index contributed by atoms with van der Waals surface area (Å²) in [6.07, 6.45) is 2.75. The van der Waals surface area contributed by atoms with Gasteiger partial charge in [0.25, 0.3) is 10.0 Å². The molecule has 0 N–H and O–H groups in total. The van der Waals surface area contributed by atoms with E-state index in [9.17, 15) is 13.2 Å². The number of amides is 1. The van der Waals surface area contributed by atoms with E-state index in [4.69, 9.17) is 11.6 Å². The van der Waals surface area contributed by atoms with Crippen molar-refractivity contribution in [3.05, 3.63) is 59.1 Å².